The normalized spacial score (nSPS) is 18.8. The molecule has 3 rings (SSSR count). The highest BCUT2D eigenvalue weighted by Gasteiger charge is 2.25. The highest BCUT2D eigenvalue weighted by Crippen LogP contribution is 2.36. The van der Waals surface area contributed by atoms with Gasteiger partial charge in [-0.25, -0.2) is 8.42 Å². The van der Waals surface area contributed by atoms with Gasteiger partial charge in [-0.15, -0.1) is 0 Å². The van der Waals surface area contributed by atoms with Gasteiger partial charge < -0.3 is 0 Å². The second kappa shape index (κ2) is 6.01. The summed E-state index contributed by atoms with van der Waals surface area (Å²) in [7, 11) is -3.08. The smallest absolute Gasteiger partial charge is 0.212 e. The summed E-state index contributed by atoms with van der Waals surface area (Å²) in [6, 6.07) is 6.60. The molecule has 0 atom stereocenters. The minimum absolute atomic E-state index is 0.251. The molecule has 2 aliphatic rings. The van der Waals surface area contributed by atoms with Gasteiger partial charge in [-0.05, 0) is 48.5 Å². The van der Waals surface area contributed by atoms with Crippen LogP contribution in [0.4, 0.5) is 0 Å². The van der Waals surface area contributed by atoms with Crippen molar-refractivity contribution < 1.29 is 8.42 Å². The van der Waals surface area contributed by atoms with Gasteiger partial charge in [0.25, 0.3) is 0 Å². The molecule has 4 heteroatoms. The molecular formula is C18H23NO2S. The summed E-state index contributed by atoms with van der Waals surface area (Å²) in [5.41, 5.74) is 6.61. The molecule has 1 aromatic carbocycles. The minimum Gasteiger partial charge on any atom is -0.212 e. The second-order valence-electron chi connectivity index (χ2n) is 6.14. The molecule has 1 aliphatic heterocycles. The van der Waals surface area contributed by atoms with Crippen LogP contribution in [0.25, 0.3) is 5.57 Å². The second-order valence-corrected chi connectivity index (χ2v) is 8.22. The highest BCUT2D eigenvalue weighted by molar-refractivity contribution is 7.89. The van der Waals surface area contributed by atoms with Crippen molar-refractivity contribution >= 4 is 15.6 Å². The maximum absolute atomic E-state index is 12.1. The van der Waals surface area contributed by atoms with E-state index in [9.17, 15) is 8.42 Å². The van der Waals surface area contributed by atoms with Gasteiger partial charge in [0.05, 0.1) is 5.75 Å². The lowest BCUT2D eigenvalue weighted by molar-refractivity contribution is 0.433. The summed E-state index contributed by atoms with van der Waals surface area (Å²) < 4.78 is 25.9. The van der Waals surface area contributed by atoms with E-state index < -0.39 is 10.0 Å². The molecule has 0 bridgehead atoms. The number of fused-ring (bicyclic) bond motifs is 1. The predicted octanol–water partition coefficient (Wildman–Crippen LogP) is 3.31. The quantitative estimate of drug-likeness (QED) is 0.854. The molecule has 118 valence electrons. The van der Waals surface area contributed by atoms with Crippen molar-refractivity contribution in [2.45, 2.75) is 33.1 Å². The summed E-state index contributed by atoms with van der Waals surface area (Å²) in [6.45, 7) is 5.14. The van der Waals surface area contributed by atoms with Crippen LogP contribution in [0.5, 0.6) is 0 Å². The molecule has 0 amide bonds. The van der Waals surface area contributed by atoms with Gasteiger partial charge in [-0.1, -0.05) is 42.8 Å². The van der Waals surface area contributed by atoms with Crippen molar-refractivity contribution in [2.24, 2.45) is 0 Å². The van der Waals surface area contributed by atoms with E-state index >= 15 is 0 Å². The van der Waals surface area contributed by atoms with Crippen molar-refractivity contribution in [1.82, 2.24) is 4.31 Å². The van der Waals surface area contributed by atoms with Gasteiger partial charge >= 0.3 is 0 Å². The molecule has 0 radical (unpaired) electrons. The molecule has 0 saturated heterocycles. The SMILES string of the molecule is CCCS(=O)(=O)N1CC=C(C2=CCc3cc(C)ccc32)CC1. The molecule has 0 spiro atoms. The molecule has 0 saturated carbocycles. The van der Waals surface area contributed by atoms with Gasteiger partial charge in [-0.2, -0.15) is 4.31 Å². The maximum atomic E-state index is 12.1. The number of nitrogens with zero attached hydrogens (tertiary/aromatic N) is 1. The van der Waals surface area contributed by atoms with Gasteiger partial charge in [-0.3, -0.25) is 0 Å². The van der Waals surface area contributed by atoms with Crippen LogP contribution in [0.1, 0.15) is 36.5 Å². The fourth-order valence-electron chi connectivity index (χ4n) is 3.32. The number of hydrogen-bond donors (Lipinski definition) is 0. The van der Waals surface area contributed by atoms with E-state index in [2.05, 4.69) is 37.3 Å². The van der Waals surface area contributed by atoms with E-state index in [0.717, 1.165) is 12.8 Å². The van der Waals surface area contributed by atoms with Gasteiger partial charge in [0.15, 0.2) is 0 Å². The Bertz CT molecular complexity index is 744. The number of aryl methyl sites for hydroxylation is 1. The standard InChI is InChI=1S/C18H23NO2S/c1-3-12-22(20,21)19-10-8-15(9-11-19)17-7-5-16-13-14(2)4-6-18(16)17/h4,6-8,13H,3,5,9-12H2,1-2H3. The van der Waals surface area contributed by atoms with E-state index in [0.29, 0.717) is 19.5 Å². The molecule has 22 heavy (non-hydrogen) atoms. The molecule has 0 unspecified atom stereocenters. The lowest BCUT2D eigenvalue weighted by atomic mass is 9.94. The number of sulfonamides is 1. The lowest BCUT2D eigenvalue weighted by Crippen LogP contribution is -2.36. The van der Waals surface area contributed by atoms with Crippen LogP contribution in [0.2, 0.25) is 0 Å². The third-order valence-corrected chi connectivity index (χ3v) is 6.49. The molecule has 0 fully saturated rings. The Labute approximate surface area is 133 Å². The Morgan fingerprint density at radius 3 is 2.73 bits per heavy atom. The zero-order valence-electron chi connectivity index (χ0n) is 13.3. The average molecular weight is 317 g/mol. The van der Waals surface area contributed by atoms with Crippen molar-refractivity contribution in [3.05, 3.63) is 52.6 Å². The molecular weight excluding hydrogens is 294 g/mol. The highest BCUT2D eigenvalue weighted by atomic mass is 32.2. The molecule has 3 nitrogen and oxygen atoms in total. The average Bonchev–Trinajstić information content (AvgIpc) is 2.90. The van der Waals surface area contributed by atoms with Gasteiger partial charge in [0, 0.05) is 13.1 Å². The largest absolute Gasteiger partial charge is 0.214 e. The summed E-state index contributed by atoms with van der Waals surface area (Å²) in [5.74, 6) is 0.251. The predicted molar refractivity (Wildman–Crippen MR) is 91.2 cm³/mol. The van der Waals surface area contributed by atoms with Crippen LogP contribution in [0, 0.1) is 6.92 Å². The van der Waals surface area contributed by atoms with E-state index in [1.54, 1.807) is 4.31 Å². The molecule has 1 aromatic rings. The number of allylic oxidation sites excluding steroid dienone is 2. The Balaban J connectivity index is 1.79. The van der Waals surface area contributed by atoms with Crippen molar-refractivity contribution in [1.29, 1.82) is 0 Å². The fourth-order valence-corrected chi connectivity index (χ4v) is 4.76. The zero-order valence-corrected chi connectivity index (χ0v) is 14.1. The van der Waals surface area contributed by atoms with Crippen molar-refractivity contribution in [3.63, 3.8) is 0 Å². The van der Waals surface area contributed by atoms with E-state index in [1.165, 1.54) is 27.8 Å². The fraction of sp³-hybridized carbons (Fsp3) is 0.444. The third kappa shape index (κ3) is 2.90. The molecule has 1 aliphatic carbocycles. The summed E-state index contributed by atoms with van der Waals surface area (Å²) >= 11 is 0. The Morgan fingerprint density at radius 2 is 2.05 bits per heavy atom. The van der Waals surface area contributed by atoms with Crippen LogP contribution in [-0.2, 0) is 16.4 Å². The Kier molecular flexibility index (Phi) is 4.24. The summed E-state index contributed by atoms with van der Waals surface area (Å²) in [5, 5.41) is 0. The third-order valence-electron chi connectivity index (χ3n) is 4.45. The first kappa shape index (κ1) is 15.5. The van der Waals surface area contributed by atoms with Crippen LogP contribution in [0.3, 0.4) is 0 Å². The minimum atomic E-state index is -3.08. The van der Waals surface area contributed by atoms with E-state index in [4.69, 9.17) is 0 Å². The van der Waals surface area contributed by atoms with Crippen LogP contribution >= 0.6 is 0 Å². The first-order valence-corrected chi connectivity index (χ1v) is 9.59. The van der Waals surface area contributed by atoms with Crippen LogP contribution in [-0.4, -0.2) is 31.6 Å². The molecule has 0 N–H and O–H groups in total. The summed E-state index contributed by atoms with van der Waals surface area (Å²) in [4.78, 5) is 0. The number of benzene rings is 1. The van der Waals surface area contributed by atoms with Crippen molar-refractivity contribution in [3.8, 4) is 0 Å². The van der Waals surface area contributed by atoms with Gasteiger partial charge in [0.1, 0.15) is 0 Å². The van der Waals surface area contributed by atoms with Crippen LogP contribution in [0.15, 0.2) is 35.9 Å². The number of rotatable bonds is 4. The zero-order chi connectivity index (χ0) is 15.7. The molecule has 1 heterocycles. The maximum Gasteiger partial charge on any atom is 0.214 e. The van der Waals surface area contributed by atoms with Crippen LogP contribution < -0.4 is 0 Å². The number of hydrogen-bond acceptors (Lipinski definition) is 2. The van der Waals surface area contributed by atoms with Crippen molar-refractivity contribution in [2.75, 3.05) is 18.8 Å². The topological polar surface area (TPSA) is 37.4 Å². The summed E-state index contributed by atoms with van der Waals surface area (Å²) in [6.07, 6.45) is 6.85. The van der Waals surface area contributed by atoms with E-state index in [-0.39, 0.29) is 5.75 Å². The lowest BCUT2D eigenvalue weighted by Gasteiger charge is -2.26. The monoisotopic (exact) mass is 317 g/mol. The van der Waals surface area contributed by atoms with Gasteiger partial charge in [0.2, 0.25) is 10.0 Å². The first-order chi connectivity index (χ1) is 10.5. The first-order valence-electron chi connectivity index (χ1n) is 7.98. The Hall–Kier alpha value is -1.39. The van der Waals surface area contributed by atoms with E-state index in [1.807, 2.05) is 6.92 Å². The molecule has 0 aromatic heterocycles. The Morgan fingerprint density at radius 1 is 1.23 bits per heavy atom.